The van der Waals surface area contributed by atoms with Crippen LogP contribution in [0.3, 0.4) is 0 Å². The molecule has 0 atom stereocenters. The van der Waals surface area contributed by atoms with Crippen LogP contribution in [-0.2, 0) is 0 Å². The molecule has 0 amide bonds. The van der Waals surface area contributed by atoms with E-state index in [4.69, 9.17) is 4.98 Å². The SMILES string of the molecule is CCCCSc1cnc2c(ccn2[Si](C)(C)C(C)(C)C)c1. The Balaban J connectivity index is 2.33. The zero-order valence-electron chi connectivity index (χ0n) is 14.2. The molecule has 4 heteroatoms. The molecule has 0 aliphatic heterocycles. The van der Waals surface area contributed by atoms with Gasteiger partial charge in [0, 0.05) is 16.5 Å². The highest BCUT2D eigenvalue weighted by molar-refractivity contribution is 7.99. The van der Waals surface area contributed by atoms with Crippen molar-refractivity contribution in [1.29, 1.82) is 0 Å². The first-order valence-electron chi connectivity index (χ1n) is 7.88. The molecule has 0 unspecified atom stereocenters. The van der Waals surface area contributed by atoms with Crippen LogP contribution in [0.4, 0.5) is 0 Å². The minimum atomic E-state index is -1.59. The maximum absolute atomic E-state index is 4.78. The molecule has 0 aliphatic carbocycles. The zero-order chi connectivity index (χ0) is 15.7. The molecule has 0 spiro atoms. The maximum Gasteiger partial charge on any atom is 0.163 e. The summed E-state index contributed by atoms with van der Waals surface area (Å²) in [4.78, 5) is 6.07. The quantitative estimate of drug-likeness (QED) is 0.395. The van der Waals surface area contributed by atoms with Crippen LogP contribution >= 0.6 is 11.8 Å². The highest BCUT2D eigenvalue weighted by atomic mass is 32.2. The number of hydrogen-bond donors (Lipinski definition) is 0. The van der Waals surface area contributed by atoms with E-state index < -0.39 is 8.24 Å². The van der Waals surface area contributed by atoms with Crippen molar-refractivity contribution in [3.63, 3.8) is 0 Å². The summed E-state index contributed by atoms with van der Waals surface area (Å²) in [7, 11) is -1.59. The maximum atomic E-state index is 4.78. The zero-order valence-corrected chi connectivity index (χ0v) is 16.0. The second kappa shape index (κ2) is 6.17. The third-order valence-electron chi connectivity index (χ3n) is 4.71. The second-order valence-electron chi connectivity index (χ2n) is 7.28. The smallest absolute Gasteiger partial charge is 0.163 e. The fraction of sp³-hybridized carbons (Fsp3) is 0.588. The Morgan fingerprint density at radius 1 is 1.29 bits per heavy atom. The molecule has 2 rings (SSSR count). The van der Waals surface area contributed by atoms with E-state index in [1.807, 2.05) is 18.0 Å². The lowest BCUT2D eigenvalue weighted by Gasteiger charge is -2.38. The Morgan fingerprint density at radius 3 is 2.62 bits per heavy atom. The summed E-state index contributed by atoms with van der Waals surface area (Å²) in [6.07, 6.45) is 6.82. The molecule has 2 aromatic rings. The van der Waals surface area contributed by atoms with Gasteiger partial charge in [0.15, 0.2) is 8.24 Å². The van der Waals surface area contributed by atoms with Gasteiger partial charge in [0.05, 0.1) is 0 Å². The van der Waals surface area contributed by atoms with E-state index in [2.05, 4.69) is 63.4 Å². The van der Waals surface area contributed by atoms with Crippen LogP contribution in [-0.4, -0.2) is 23.2 Å². The molecule has 0 saturated carbocycles. The van der Waals surface area contributed by atoms with Crippen LogP contribution in [0.5, 0.6) is 0 Å². The summed E-state index contributed by atoms with van der Waals surface area (Å²) in [5.41, 5.74) is 1.15. The molecule has 0 fully saturated rings. The highest BCUT2D eigenvalue weighted by Crippen LogP contribution is 2.38. The van der Waals surface area contributed by atoms with Crippen LogP contribution in [0.2, 0.25) is 18.1 Å². The van der Waals surface area contributed by atoms with Crippen LogP contribution in [0.25, 0.3) is 11.0 Å². The Hall–Kier alpha value is -0.743. The molecule has 0 radical (unpaired) electrons. The molecular weight excluding hydrogens is 292 g/mol. The molecular formula is C17H28N2SSi. The van der Waals surface area contributed by atoms with Crippen LogP contribution < -0.4 is 0 Å². The van der Waals surface area contributed by atoms with E-state index in [9.17, 15) is 0 Å². The number of rotatable bonds is 5. The third-order valence-corrected chi connectivity index (χ3v) is 11.0. The van der Waals surface area contributed by atoms with E-state index in [0.717, 1.165) is 5.65 Å². The van der Waals surface area contributed by atoms with Gasteiger partial charge in [-0.1, -0.05) is 47.2 Å². The number of nitrogens with zero attached hydrogens (tertiary/aromatic N) is 2. The Morgan fingerprint density at radius 2 is 2.00 bits per heavy atom. The predicted molar refractivity (Wildman–Crippen MR) is 98.0 cm³/mol. The fourth-order valence-electron chi connectivity index (χ4n) is 2.23. The van der Waals surface area contributed by atoms with Gasteiger partial charge in [-0.2, -0.15) is 0 Å². The van der Waals surface area contributed by atoms with E-state index in [-0.39, 0.29) is 0 Å². The van der Waals surface area contributed by atoms with Crippen molar-refractivity contribution in [3.8, 4) is 0 Å². The summed E-state index contributed by atoms with van der Waals surface area (Å²) < 4.78 is 2.46. The summed E-state index contributed by atoms with van der Waals surface area (Å²) in [6.45, 7) is 14.1. The lowest BCUT2D eigenvalue weighted by atomic mass is 10.2. The van der Waals surface area contributed by atoms with E-state index in [0.29, 0.717) is 5.04 Å². The van der Waals surface area contributed by atoms with Gasteiger partial charge in [0.1, 0.15) is 5.65 Å². The molecule has 2 aromatic heterocycles. The first kappa shape index (κ1) is 16.6. The Kier molecular flexibility index (Phi) is 4.88. The fourth-order valence-corrected chi connectivity index (χ4v) is 5.12. The molecule has 0 N–H and O–H groups in total. The largest absolute Gasteiger partial charge is 0.359 e. The standard InChI is InChI=1S/C17H28N2SSi/c1-7-8-11-20-15-12-14-9-10-19(16(14)18-13-15)21(5,6)17(2,3)4/h9-10,12-13H,7-8,11H2,1-6H3. The summed E-state index contributed by atoms with van der Waals surface area (Å²) in [5, 5.41) is 1.59. The number of hydrogen-bond acceptors (Lipinski definition) is 2. The molecule has 0 saturated heterocycles. The molecule has 0 bridgehead atoms. The van der Waals surface area contributed by atoms with Gasteiger partial charge in [0.2, 0.25) is 0 Å². The van der Waals surface area contributed by atoms with Gasteiger partial charge in [-0.3, -0.25) is 0 Å². The van der Waals surface area contributed by atoms with E-state index >= 15 is 0 Å². The van der Waals surface area contributed by atoms with Crippen molar-refractivity contribution in [3.05, 3.63) is 24.5 Å². The normalized spacial score (nSPS) is 13.0. The topological polar surface area (TPSA) is 17.8 Å². The van der Waals surface area contributed by atoms with Crippen LogP contribution in [0.1, 0.15) is 40.5 Å². The van der Waals surface area contributed by atoms with Crippen LogP contribution in [0.15, 0.2) is 29.4 Å². The average Bonchev–Trinajstić information content (AvgIpc) is 2.81. The lowest BCUT2D eigenvalue weighted by Crippen LogP contribution is -2.45. The minimum Gasteiger partial charge on any atom is -0.359 e. The van der Waals surface area contributed by atoms with Crippen molar-refractivity contribution >= 4 is 31.0 Å². The molecule has 116 valence electrons. The number of aromatic nitrogens is 2. The van der Waals surface area contributed by atoms with E-state index in [1.165, 1.54) is 28.9 Å². The van der Waals surface area contributed by atoms with E-state index in [1.54, 1.807) is 0 Å². The first-order valence-corrected chi connectivity index (χ1v) is 11.8. The molecule has 2 heterocycles. The Bertz CT molecular complexity index is 611. The lowest BCUT2D eigenvalue weighted by molar-refractivity contribution is 0.702. The summed E-state index contributed by atoms with van der Waals surface area (Å²) in [6, 6.07) is 4.53. The summed E-state index contributed by atoms with van der Waals surface area (Å²) in [5.74, 6) is 1.19. The predicted octanol–water partition coefficient (Wildman–Crippen LogP) is 5.78. The van der Waals surface area contributed by atoms with Gasteiger partial charge < -0.3 is 4.23 Å². The van der Waals surface area contributed by atoms with Crippen molar-refractivity contribution in [2.45, 2.75) is 63.6 Å². The van der Waals surface area contributed by atoms with Crippen molar-refractivity contribution in [2.24, 2.45) is 0 Å². The Labute approximate surface area is 134 Å². The van der Waals surface area contributed by atoms with Gasteiger partial charge in [-0.05, 0) is 35.5 Å². The van der Waals surface area contributed by atoms with Gasteiger partial charge in [-0.25, -0.2) is 4.98 Å². The number of thioether (sulfide) groups is 1. The average molecular weight is 321 g/mol. The van der Waals surface area contributed by atoms with Crippen molar-refractivity contribution < 1.29 is 0 Å². The highest BCUT2D eigenvalue weighted by Gasteiger charge is 2.38. The van der Waals surface area contributed by atoms with Gasteiger partial charge in [0.25, 0.3) is 0 Å². The summed E-state index contributed by atoms with van der Waals surface area (Å²) >= 11 is 1.92. The van der Waals surface area contributed by atoms with Crippen LogP contribution in [0, 0.1) is 0 Å². The third kappa shape index (κ3) is 3.37. The number of fused-ring (bicyclic) bond motifs is 1. The number of pyridine rings is 1. The minimum absolute atomic E-state index is 0.315. The molecule has 0 aromatic carbocycles. The van der Waals surface area contributed by atoms with Gasteiger partial charge in [-0.15, -0.1) is 11.8 Å². The van der Waals surface area contributed by atoms with Crippen molar-refractivity contribution in [2.75, 3.05) is 5.75 Å². The molecule has 0 aliphatic rings. The molecule has 2 nitrogen and oxygen atoms in total. The molecule has 21 heavy (non-hydrogen) atoms. The van der Waals surface area contributed by atoms with Gasteiger partial charge >= 0.3 is 0 Å². The second-order valence-corrected chi connectivity index (χ2v) is 13.5. The first-order chi connectivity index (χ1) is 9.77. The van der Waals surface area contributed by atoms with Crippen molar-refractivity contribution in [1.82, 2.24) is 9.22 Å². The monoisotopic (exact) mass is 320 g/mol. The number of unbranched alkanes of at least 4 members (excludes halogenated alkanes) is 1.